The van der Waals surface area contributed by atoms with E-state index < -0.39 is 4.92 Å². The van der Waals surface area contributed by atoms with Gasteiger partial charge in [0, 0.05) is 18.6 Å². The SMILES string of the molecule is C=C(CCC=O)c1ccc([N+](=O)[O-])cc1. The minimum Gasteiger partial charge on any atom is -0.303 e. The Balaban J connectivity index is 2.75. The van der Waals surface area contributed by atoms with Gasteiger partial charge in [0.2, 0.25) is 0 Å². The van der Waals surface area contributed by atoms with Crippen molar-refractivity contribution in [3.05, 3.63) is 46.5 Å². The maximum atomic E-state index is 10.4. The zero-order valence-electron chi connectivity index (χ0n) is 8.18. The van der Waals surface area contributed by atoms with E-state index in [1.54, 1.807) is 12.1 Å². The van der Waals surface area contributed by atoms with Crippen LogP contribution in [0.1, 0.15) is 18.4 Å². The summed E-state index contributed by atoms with van der Waals surface area (Å²) in [6.07, 6.45) is 1.84. The number of benzene rings is 1. The molecule has 0 radical (unpaired) electrons. The summed E-state index contributed by atoms with van der Waals surface area (Å²) in [5, 5.41) is 10.4. The van der Waals surface area contributed by atoms with Gasteiger partial charge in [-0.05, 0) is 29.7 Å². The van der Waals surface area contributed by atoms with Crippen molar-refractivity contribution in [2.45, 2.75) is 12.8 Å². The summed E-state index contributed by atoms with van der Waals surface area (Å²) in [5.74, 6) is 0. The first-order chi connectivity index (χ1) is 7.15. The predicted molar refractivity (Wildman–Crippen MR) is 57.4 cm³/mol. The van der Waals surface area contributed by atoms with Crippen molar-refractivity contribution in [3.63, 3.8) is 0 Å². The molecular weight excluding hydrogens is 194 g/mol. The first kappa shape index (κ1) is 11.1. The Morgan fingerprint density at radius 2 is 2.00 bits per heavy atom. The van der Waals surface area contributed by atoms with Gasteiger partial charge < -0.3 is 4.79 Å². The fourth-order valence-corrected chi connectivity index (χ4v) is 1.20. The number of hydrogen-bond acceptors (Lipinski definition) is 3. The van der Waals surface area contributed by atoms with Crippen LogP contribution in [0.5, 0.6) is 0 Å². The molecular formula is C11H11NO3. The van der Waals surface area contributed by atoms with Gasteiger partial charge in [0.05, 0.1) is 4.92 Å². The molecule has 0 spiro atoms. The highest BCUT2D eigenvalue weighted by Gasteiger charge is 2.05. The number of rotatable bonds is 5. The molecule has 1 aromatic carbocycles. The Bertz CT molecular complexity index is 381. The molecule has 0 aliphatic carbocycles. The molecule has 0 aliphatic heterocycles. The normalized spacial score (nSPS) is 9.60. The Kier molecular flexibility index (Phi) is 3.74. The van der Waals surface area contributed by atoms with Crippen LogP contribution >= 0.6 is 0 Å². The topological polar surface area (TPSA) is 60.2 Å². The van der Waals surface area contributed by atoms with Crippen LogP contribution in [0, 0.1) is 10.1 Å². The highest BCUT2D eigenvalue weighted by molar-refractivity contribution is 5.66. The summed E-state index contributed by atoms with van der Waals surface area (Å²) in [6.45, 7) is 3.81. The summed E-state index contributed by atoms with van der Waals surface area (Å²) in [6, 6.07) is 6.15. The number of nitro benzene ring substituents is 1. The van der Waals surface area contributed by atoms with E-state index in [1.165, 1.54) is 12.1 Å². The average Bonchev–Trinajstić information content (AvgIpc) is 2.26. The van der Waals surface area contributed by atoms with Gasteiger partial charge in [-0.15, -0.1) is 0 Å². The van der Waals surface area contributed by atoms with Crippen LogP contribution in [-0.2, 0) is 4.79 Å². The molecule has 0 fully saturated rings. The molecule has 0 amide bonds. The van der Waals surface area contributed by atoms with Gasteiger partial charge in [0.25, 0.3) is 5.69 Å². The van der Waals surface area contributed by atoms with Gasteiger partial charge in [0.1, 0.15) is 6.29 Å². The summed E-state index contributed by atoms with van der Waals surface area (Å²) in [4.78, 5) is 20.1. The van der Waals surface area contributed by atoms with Gasteiger partial charge in [-0.25, -0.2) is 0 Å². The van der Waals surface area contributed by atoms with Crippen molar-refractivity contribution in [2.24, 2.45) is 0 Å². The van der Waals surface area contributed by atoms with Crippen molar-refractivity contribution >= 4 is 17.5 Å². The van der Waals surface area contributed by atoms with E-state index in [4.69, 9.17) is 0 Å². The van der Waals surface area contributed by atoms with E-state index in [-0.39, 0.29) is 5.69 Å². The molecule has 0 saturated heterocycles. The first-order valence-corrected chi connectivity index (χ1v) is 4.51. The molecule has 0 bridgehead atoms. The number of allylic oxidation sites excluding steroid dienone is 1. The third kappa shape index (κ3) is 3.02. The third-order valence-corrected chi connectivity index (χ3v) is 2.05. The molecule has 0 heterocycles. The van der Waals surface area contributed by atoms with Crippen LogP contribution in [0.15, 0.2) is 30.8 Å². The monoisotopic (exact) mass is 205 g/mol. The molecule has 4 heteroatoms. The van der Waals surface area contributed by atoms with Crippen LogP contribution in [-0.4, -0.2) is 11.2 Å². The molecule has 15 heavy (non-hydrogen) atoms. The van der Waals surface area contributed by atoms with Gasteiger partial charge >= 0.3 is 0 Å². The first-order valence-electron chi connectivity index (χ1n) is 4.51. The van der Waals surface area contributed by atoms with Crippen molar-refractivity contribution < 1.29 is 9.72 Å². The molecule has 0 N–H and O–H groups in total. The predicted octanol–water partition coefficient (Wildman–Crippen LogP) is 2.59. The Morgan fingerprint density at radius 3 is 2.47 bits per heavy atom. The van der Waals surface area contributed by atoms with Crippen LogP contribution in [0.3, 0.4) is 0 Å². The van der Waals surface area contributed by atoms with Gasteiger partial charge in [-0.1, -0.05) is 6.58 Å². The van der Waals surface area contributed by atoms with Gasteiger partial charge in [-0.3, -0.25) is 10.1 Å². The average molecular weight is 205 g/mol. The summed E-state index contributed by atoms with van der Waals surface area (Å²) < 4.78 is 0. The Hall–Kier alpha value is -1.97. The number of nitro groups is 1. The van der Waals surface area contributed by atoms with Crippen LogP contribution in [0.25, 0.3) is 5.57 Å². The van der Waals surface area contributed by atoms with Gasteiger partial charge in [-0.2, -0.15) is 0 Å². The molecule has 4 nitrogen and oxygen atoms in total. The molecule has 0 atom stereocenters. The maximum absolute atomic E-state index is 10.4. The molecule has 0 saturated carbocycles. The zero-order chi connectivity index (χ0) is 11.3. The van der Waals surface area contributed by atoms with E-state index in [2.05, 4.69) is 6.58 Å². The summed E-state index contributed by atoms with van der Waals surface area (Å²) in [7, 11) is 0. The standard InChI is InChI=1S/C11H11NO3/c1-9(3-2-8-13)10-4-6-11(7-5-10)12(14)15/h4-8H,1-3H2. The van der Waals surface area contributed by atoms with Gasteiger partial charge in [0.15, 0.2) is 0 Å². The van der Waals surface area contributed by atoms with Crippen LogP contribution in [0.4, 0.5) is 5.69 Å². The molecule has 1 aromatic rings. The minimum atomic E-state index is -0.446. The largest absolute Gasteiger partial charge is 0.303 e. The van der Waals surface area contributed by atoms with Crippen molar-refractivity contribution in [2.75, 3.05) is 0 Å². The smallest absolute Gasteiger partial charge is 0.269 e. The summed E-state index contributed by atoms with van der Waals surface area (Å²) >= 11 is 0. The third-order valence-electron chi connectivity index (χ3n) is 2.05. The molecule has 0 unspecified atom stereocenters. The maximum Gasteiger partial charge on any atom is 0.269 e. The lowest BCUT2D eigenvalue weighted by molar-refractivity contribution is -0.384. The highest BCUT2D eigenvalue weighted by Crippen LogP contribution is 2.20. The molecule has 1 rings (SSSR count). The number of carbonyl (C=O) groups is 1. The number of hydrogen-bond donors (Lipinski definition) is 0. The number of aldehydes is 1. The van der Waals surface area contributed by atoms with Crippen molar-refractivity contribution in [3.8, 4) is 0 Å². The second kappa shape index (κ2) is 5.05. The molecule has 0 aromatic heterocycles. The van der Waals surface area contributed by atoms with E-state index in [9.17, 15) is 14.9 Å². The van der Waals surface area contributed by atoms with Crippen LogP contribution < -0.4 is 0 Å². The Morgan fingerprint density at radius 1 is 1.40 bits per heavy atom. The molecule has 0 aliphatic rings. The highest BCUT2D eigenvalue weighted by atomic mass is 16.6. The lowest BCUT2D eigenvalue weighted by Gasteiger charge is -2.02. The number of nitrogens with zero attached hydrogens (tertiary/aromatic N) is 1. The van der Waals surface area contributed by atoms with E-state index in [0.29, 0.717) is 12.8 Å². The minimum absolute atomic E-state index is 0.0573. The summed E-state index contributed by atoms with van der Waals surface area (Å²) in [5.41, 5.74) is 1.71. The lowest BCUT2D eigenvalue weighted by atomic mass is 10.0. The van der Waals surface area contributed by atoms with Crippen LogP contribution in [0.2, 0.25) is 0 Å². The fourth-order valence-electron chi connectivity index (χ4n) is 1.20. The number of non-ortho nitro benzene ring substituents is 1. The zero-order valence-corrected chi connectivity index (χ0v) is 8.18. The second-order valence-corrected chi connectivity index (χ2v) is 3.11. The van der Waals surface area contributed by atoms with Crippen molar-refractivity contribution in [1.29, 1.82) is 0 Å². The quantitative estimate of drug-likeness (QED) is 0.421. The lowest BCUT2D eigenvalue weighted by Crippen LogP contribution is -1.89. The van der Waals surface area contributed by atoms with E-state index in [0.717, 1.165) is 17.4 Å². The fraction of sp³-hybridized carbons (Fsp3) is 0.182. The van der Waals surface area contributed by atoms with E-state index in [1.807, 2.05) is 0 Å². The van der Waals surface area contributed by atoms with Crippen molar-refractivity contribution in [1.82, 2.24) is 0 Å². The number of carbonyl (C=O) groups excluding carboxylic acids is 1. The second-order valence-electron chi connectivity index (χ2n) is 3.11. The molecule has 78 valence electrons. The Labute approximate surface area is 87.4 Å². The van der Waals surface area contributed by atoms with E-state index >= 15 is 0 Å².